The molecule has 1 aliphatic heterocycles. The molecule has 0 bridgehead atoms. The molecular formula is C15H11FN4O3. The Bertz CT molecular complexity index is 924. The number of nitrogens with zero attached hydrogens (tertiary/aromatic N) is 3. The van der Waals surface area contributed by atoms with Crippen molar-refractivity contribution in [1.82, 2.24) is 14.4 Å². The zero-order chi connectivity index (χ0) is 16.0. The Morgan fingerprint density at radius 3 is 3.17 bits per heavy atom. The molecule has 3 aromatic rings. The maximum atomic E-state index is 13.7. The molecule has 23 heavy (non-hydrogen) atoms. The minimum atomic E-state index is -1.15. The number of carboxylic acid groups (broad SMARTS) is 1. The first-order valence-electron chi connectivity index (χ1n) is 6.88. The van der Waals surface area contributed by atoms with Crippen LogP contribution in [0.2, 0.25) is 0 Å². The summed E-state index contributed by atoms with van der Waals surface area (Å²) in [6, 6.07) is 5.74. The number of benzene rings is 1. The van der Waals surface area contributed by atoms with Crippen molar-refractivity contribution in [1.29, 1.82) is 0 Å². The van der Waals surface area contributed by atoms with E-state index in [1.54, 1.807) is 28.9 Å². The third-order valence-electron chi connectivity index (χ3n) is 3.68. The highest BCUT2D eigenvalue weighted by Gasteiger charge is 2.27. The van der Waals surface area contributed by atoms with E-state index in [-0.39, 0.29) is 24.1 Å². The molecule has 0 radical (unpaired) electrons. The van der Waals surface area contributed by atoms with E-state index >= 15 is 0 Å². The number of aromatic carboxylic acids is 1. The number of hydrogen-bond donors (Lipinski definition) is 2. The molecule has 8 heteroatoms. The van der Waals surface area contributed by atoms with Gasteiger partial charge in [-0.05, 0) is 6.07 Å². The highest BCUT2D eigenvalue weighted by molar-refractivity contribution is 5.87. The Kier molecular flexibility index (Phi) is 2.90. The summed E-state index contributed by atoms with van der Waals surface area (Å²) in [6.45, 7) is 0.228. The van der Waals surface area contributed by atoms with Gasteiger partial charge in [0, 0.05) is 24.0 Å². The summed E-state index contributed by atoms with van der Waals surface area (Å²) in [5.74, 6) is -1.05. The molecule has 0 amide bonds. The number of aromatic nitrogens is 3. The van der Waals surface area contributed by atoms with Crippen molar-refractivity contribution >= 4 is 17.6 Å². The van der Waals surface area contributed by atoms with Crippen molar-refractivity contribution in [3.63, 3.8) is 0 Å². The van der Waals surface area contributed by atoms with Gasteiger partial charge in [-0.2, -0.15) is 0 Å². The minimum absolute atomic E-state index is 0.121. The number of nitrogens with one attached hydrogen (secondary N) is 1. The number of ether oxygens (including phenoxy) is 1. The number of carboxylic acids is 1. The van der Waals surface area contributed by atoms with Crippen molar-refractivity contribution in [2.24, 2.45) is 0 Å². The quantitative estimate of drug-likeness (QED) is 0.770. The lowest BCUT2D eigenvalue weighted by Crippen LogP contribution is -2.17. The fourth-order valence-electron chi connectivity index (χ4n) is 2.62. The van der Waals surface area contributed by atoms with Crippen LogP contribution in [0.25, 0.3) is 5.65 Å². The van der Waals surface area contributed by atoms with Crippen LogP contribution in [0.4, 0.5) is 10.3 Å². The topological polar surface area (TPSA) is 88.8 Å². The van der Waals surface area contributed by atoms with E-state index in [2.05, 4.69) is 15.3 Å². The molecule has 2 N–H and O–H groups in total. The number of halogens is 1. The van der Waals surface area contributed by atoms with Crippen LogP contribution in [0.15, 0.2) is 36.7 Å². The van der Waals surface area contributed by atoms with Gasteiger partial charge in [0.1, 0.15) is 12.3 Å². The molecule has 1 unspecified atom stereocenters. The lowest BCUT2D eigenvalue weighted by Gasteiger charge is -2.14. The van der Waals surface area contributed by atoms with Crippen LogP contribution in [-0.2, 0) is 0 Å². The molecule has 1 atom stereocenters. The number of rotatable bonds is 3. The van der Waals surface area contributed by atoms with Crippen LogP contribution < -0.4 is 10.1 Å². The molecule has 3 heterocycles. The van der Waals surface area contributed by atoms with Crippen LogP contribution in [0.3, 0.4) is 0 Å². The van der Waals surface area contributed by atoms with Crippen molar-refractivity contribution in [3.05, 3.63) is 53.7 Å². The number of anilines is 1. The standard InChI is InChI=1S/C15H11FN4O3/c16-9-3-1-2-8-11(7-23-13(8)9)19-15-18-10(14(21)22)6-12-17-4-5-20(12)15/h1-6,11H,7H2,(H,18,19)(H,21,22). The molecule has 0 saturated heterocycles. The molecule has 4 rings (SSSR count). The second kappa shape index (κ2) is 4.94. The van der Waals surface area contributed by atoms with Crippen LogP contribution in [-0.4, -0.2) is 32.1 Å². The van der Waals surface area contributed by atoms with Crippen LogP contribution in [0, 0.1) is 5.82 Å². The lowest BCUT2D eigenvalue weighted by atomic mass is 10.1. The third kappa shape index (κ3) is 2.15. The van der Waals surface area contributed by atoms with Crippen molar-refractivity contribution in [3.8, 4) is 5.75 Å². The normalized spacial score (nSPS) is 16.1. The first-order chi connectivity index (χ1) is 11.1. The number of para-hydroxylation sites is 1. The van der Waals surface area contributed by atoms with Crippen molar-refractivity contribution in [2.45, 2.75) is 6.04 Å². The molecule has 0 spiro atoms. The summed E-state index contributed by atoms with van der Waals surface area (Å²) >= 11 is 0. The van der Waals surface area contributed by atoms with E-state index in [4.69, 9.17) is 9.84 Å². The Balaban J connectivity index is 1.76. The summed E-state index contributed by atoms with van der Waals surface area (Å²) in [6.07, 6.45) is 3.21. The average Bonchev–Trinajstić information content (AvgIpc) is 3.15. The van der Waals surface area contributed by atoms with Gasteiger partial charge < -0.3 is 15.2 Å². The van der Waals surface area contributed by atoms with Gasteiger partial charge in [0.05, 0.1) is 6.04 Å². The van der Waals surface area contributed by atoms with Gasteiger partial charge in [-0.3, -0.25) is 4.40 Å². The summed E-state index contributed by atoms with van der Waals surface area (Å²) in [5.41, 5.74) is 1.00. The maximum absolute atomic E-state index is 13.7. The Labute approximate surface area is 129 Å². The fraction of sp³-hybridized carbons (Fsp3) is 0.133. The van der Waals surface area contributed by atoms with E-state index in [1.807, 2.05) is 0 Å². The van der Waals surface area contributed by atoms with Gasteiger partial charge in [0.2, 0.25) is 5.95 Å². The molecule has 0 aliphatic carbocycles. The van der Waals surface area contributed by atoms with E-state index < -0.39 is 11.8 Å². The summed E-state index contributed by atoms with van der Waals surface area (Å²) in [4.78, 5) is 19.4. The fourth-order valence-corrected chi connectivity index (χ4v) is 2.62. The van der Waals surface area contributed by atoms with Gasteiger partial charge in [-0.15, -0.1) is 0 Å². The van der Waals surface area contributed by atoms with E-state index in [0.717, 1.165) is 0 Å². The first-order valence-corrected chi connectivity index (χ1v) is 6.88. The monoisotopic (exact) mass is 314 g/mol. The van der Waals surface area contributed by atoms with Crippen molar-refractivity contribution < 1.29 is 19.0 Å². The maximum Gasteiger partial charge on any atom is 0.354 e. The van der Waals surface area contributed by atoms with Crippen molar-refractivity contribution in [2.75, 3.05) is 11.9 Å². The van der Waals surface area contributed by atoms with Crippen LogP contribution in [0.5, 0.6) is 5.75 Å². The second-order valence-electron chi connectivity index (χ2n) is 5.09. The Hall–Kier alpha value is -3.16. The Morgan fingerprint density at radius 2 is 2.35 bits per heavy atom. The SMILES string of the molecule is O=C(O)c1cc2nccn2c(NC2COc3c(F)cccc32)n1. The molecule has 1 aromatic carbocycles. The van der Waals surface area contributed by atoms with Crippen LogP contribution >= 0.6 is 0 Å². The minimum Gasteiger partial charge on any atom is -0.488 e. The molecule has 0 saturated carbocycles. The molecule has 116 valence electrons. The zero-order valence-corrected chi connectivity index (χ0v) is 11.7. The van der Waals surface area contributed by atoms with Crippen LogP contribution in [0.1, 0.15) is 22.1 Å². The molecule has 1 aliphatic rings. The largest absolute Gasteiger partial charge is 0.488 e. The first kappa shape index (κ1) is 13.5. The summed E-state index contributed by atoms with van der Waals surface area (Å²) < 4.78 is 20.7. The average molecular weight is 314 g/mol. The van der Waals surface area contributed by atoms with Gasteiger partial charge in [0.25, 0.3) is 0 Å². The predicted molar refractivity (Wildman–Crippen MR) is 78.2 cm³/mol. The number of fused-ring (bicyclic) bond motifs is 2. The third-order valence-corrected chi connectivity index (χ3v) is 3.68. The zero-order valence-electron chi connectivity index (χ0n) is 11.7. The van der Waals surface area contributed by atoms with E-state index in [9.17, 15) is 9.18 Å². The highest BCUT2D eigenvalue weighted by Crippen LogP contribution is 2.36. The molecule has 7 nitrogen and oxygen atoms in total. The van der Waals surface area contributed by atoms with E-state index in [1.165, 1.54) is 12.1 Å². The highest BCUT2D eigenvalue weighted by atomic mass is 19.1. The van der Waals surface area contributed by atoms with E-state index in [0.29, 0.717) is 17.2 Å². The van der Waals surface area contributed by atoms with Gasteiger partial charge >= 0.3 is 5.97 Å². The summed E-state index contributed by atoms with van der Waals surface area (Å²) in [5, 5.41) is 12.3. The second-order valence-corrected chi connectivity index (χ2v) is 5.09. The lowest BCUT2D eigenvalue weighted by molar-refractivity contribution is 0.0690. The predicted octanol–water partition coefficient (Wildman–Crippen LogP) is 2.11. The molecular weight excluding hydrogens is 303 g/mol. The number of imidazole rings is 1. The van der Waals surface area contributed by atoms with Gasteiger partial charge in [-0.25, -0.2) is 19.2 Å². The molecule has 0 fully saturated rings. The molecule has 2 aromatic heterocycles. The summed E-state index contributed by atoms with van der Waals surface area (Å²) in [7, 11) is 0. The van der Waals surface area contributed by atoms with Gasteiger partial charge in [0.15, 0.2) is 17.3 Å². The number of carbonyl (C=O) groups is 1. The Morgan fingerprint density at radius 1 is 1.48 bits per heavy atom. The number of hydrogen-bond acceptors (Lipinski definition) is 5. The van der Waals surface area contributed by atoms with Gasteiger partial charge in [-0.1, -0.05) is 12.1 Å². The smallest absolute Gasteiger partial charge is 0.354 e.